The lowest BCUT2D eigenvalue weighted by atomic mass is 10.1. The Hall–Kier alpha value is -1.28. The molecule has 0 saturated heterocycles. The van der Waals surface area contributed by atoms with Gasteiger partial charge in [0.1, 0.15) is 5.75 Å². The molecule has 0 unspecified atom stereocenters. The Bertz CT molecular complexity index is 283. The van der Waals surface area contributed by atoms with Crippen molar-refractivity contribution in [2.24, 2.45) is 5.73 Å². The molecule has 70 valence electrons. The lowest BCUT2D eigenvalue weighted by molar-refractivity contribution is 0.340. The van der Waals surface area contributed by atoms with E-state index in [1.54, 1.807) is 6.08 Å². The predicted molar refractivity (Wildman–Crippen MR) is 54.7 cm³/mol. The molecular weight excluding hydrogens is 162 g/mol. The van der Waals surface area contributed by atoms with Gasteiger partial charge in [-0.05, 0) is 24.6 Å². The van der Waals surface area contributed by atoms with Crippen molar-refractivity contribution in [3.63, 3.8) is 0 Å². The molecule has 1 aromatic rings. The zero-order valence-electron chi connectivity index (χ0n) is 7.86. The minimum Gasteiger partial charge on any atom is -0.494 e. The molecule has 0 spiro atoms. The molecule has 1 rings (SSSR count). The third-order valence-corrected chi connectivity index (χ3v) is 1.81. The lowest BCUT2D eigenvalue weighted by Gasteiger charge is -2.08. The molecule has 0 aliphatic heterocycles. The normalized spacial score (nSPS) is 12.2. The van der Waals surface area contributed by atoms with Gasteiger partial charge in [-0.1, -0.05) is 18.2 Å². The zero-order valence-corrected chi connectivity index (χ0v) is 7.86. The van der Waals surface area contributed by atoms with Crippen molar-refractivity contribution in [3.8, 4) is 5.75 Å². The third-order valence-electron chi connectivity index (χ3n) is 1.81. The van der Waals surface area contributed by atoms with Gasteiger partial charge < -0.3 is 10.5 Å². The Balaban J connectivity index is 2.84. The molecule has 2 N–H and O–H groups in total. The molecule has 1 atom stereocenters. The van der Waals surface area contributed by atoms with Crippen molar-refractivity contribution < 1.29 is 4.74 Å². The predicted octanol–water partition coefficient (Wildman–Crippen LogP) is 2.27. The van der Waals surface area contributed by atoms with Crippen LogP contribution < -0.4 is 10.5 Å². The minimum absolute atomic E-state index is 0.111. The van der Waals surface area contributed by atoms with Crippen LogP contribution in [-0.4, -0.2) is 6.61 Å². The molecule has 0 saturated carbocycles. The van der Waals surface area contributed by atoms with E-state index >= 15 is 0 Å². The van der Waals surface area contributed by atoms with Gasteiger partial charge in [0.25, 0.3) is 0 Å². The summed E-state index contributed by atoms with van der Waals surface area (Å²) in [4.78, 5) is 0. The SMILES string of the molecule is C=C[C@H](N)c1cccc(OCC)c1. The number of hydrogen-bond donors (Lipinski definition) is 1. The molecule has 0 heterocycles. The van der Waals surface area contributed by atoms with Crippen LogP contribution in [0.1, 0.15) is 18.5 Å². The van der Waals surface area contributed by atoms with Crippen molar-refractivity contribution in [2.45, 2.75) is 13.0 Å². The van der Waals surface area contributed by atoms with Crippen LogP contribution in [-0.2, 0) is 0 Å². The molecule has 0 amide bonds. The van der Waals surface area contributed by atoms with E-state index in [0.717, 1.165) is 11.3 Å². The number of hydrogen-bond acceptors (Lipinski definition) is 2. The minimum atomic E-state index is -0.111. The summed E-state index contributed by atoms with van der Waals surface area (Å²) >= 11 is 0. The van der Waals surface area contributed by atoms with Crippen molar-refractivity contribution in [2.75, 3.05) is 6.61 Å². The van der Waals surface area contributed by atoms with Crippen LogP contribution in [0.15, 0.2) is 36.9 Å². The van der Waals surface area contributed by atoms with Gasteiger partial charge in [0.15, 0.2) is 0 Å². The van der Waals surface area contributed by atoms with Gasteiger partial charge in [-0.2, -0.15) is 0 Å². The van der Waals surface area contributed by atoms with Gasteiger partial charge in [0.05, 0.1) is 6.61 Å². The summed E-state index contributed by atoms with van der Waals surface area (Å²) in [6.45, 7) is 6.28. The van der Waals surface area contributed by atoms with E-state index in [0.29, 0.717) is 6.61 Å². The highest BCUT2D eigenvalue weighted by Gasteiger charge is 2.01. The fourth-order valence-electron chi connectivity index (χ4n) is 1.11. The van der Waals surface area contributed by atoms with E-state index in [4.69, 9.17) is 10.5 Å². The highest BCUT2D eigenvalue weighted by molar-refractivity contribution is 5.31. The Kier molecular flexibility index (Phi) is 3.53. The highest BCUT2D eigenvalue weighted by atomic mass is 16.5. The second kappa shape index (κ2) is 4.67. The number of benzene rings is 1. The molecule has 2 heteroatoms. The second-order valence-electron chi connectivity index (χ2n) is 2.77. The number of rotatable bonds is 4. The number of ether oxygens (including phenoxy) is 1. The Morgan fingerprint density at radius 3 is 3.00 bits per heavy atom. The van der Waals surface area contributed by atoms with E-state index in [1.807, 2.05) is 31.2 Å². The first-order valence-corrected chi connectivity index (χ1v) is 4.38. The van der Waals surface area contributed by atoms with Crippen LogP contribution in [0, 0.1) is 0 Å². The topological polar surface area (TPSA) is 35.2 Å². The Morgan fingerprint density at radius 1 is 1.62 bits per heavy atom. The molecule has 0 aromatic heterocycles. The first kappa shape index (κ1) is 9.81. The quantitative estimate of drug-likeness (QED) is 0.716. The monoisotopic (exact) mass is 177 g/mol. The maximum absolute atomic E-state index is 5.79. The maximum atomic E-state index is 5.79. The van der Waals surface area contributed by atoms with E-state index in [2.05, 4.69) is 6.58 Å². The Labute approximate surface area is 79.0 Å². The summed E-state index contributed by atoms with van der Waals surface area (Å²) in [5.41, 5.74) is 6.81. The van der Waals surface area contributed by atoms with Crippen molar-refractivity contribution in [1.29, 1.82) is 0 Å². The maximum Gasteiger partial charge on any atom is 0.119 e. The average Bonchev–Trinajstić information content (AvgIpc) is 2.18. The van der Waals surface area contributed by atoms with Gasteiger partial charge in [-0.15, -0.1) is 6.58 Å². The summed E-state index contributed by atoms with van der Waals surface area (Å²) in [7, 11) is 0. The van der Waals surface area contributed by atoms with Crippen molar-refractivity contribution in [3.05, 3.63) is 42.5 Å². The molecule has 0 aliphatic carbocycles. The molecule has 0 radical (unpaired) electrons. The van der Waals surface area contributed by atoms with Gasteiger partial charge in [-0.3, -0.25) is 0 Å². The van der Waals surface area contributed by atoms with Crippen LogP contribution in [0.4, 0.5) is 0 Å². The van der Waals surface area contributed by atoms with Crippen LogP contribution in [0.5, 0.6) is 5.75 Å². The first-order chi connectivity index (χ1) is 6.27. The van der Waals surface area contributed by atoms with Gasteiger partial charge in [0, 0.05) is 6.04 Å². The summed E-state index contributed by atoms with van der Waals surface area (Å²) in [5.74, 6) is 0.859. The smallest absolute Gasteiger partial charge is 0.119 e. The summed E-state index contributed by atoms with van der Waals surface area (Å²) < 4.78 is 5.35. The van der Waals surface area contributed by atoms with Crippen LogP contribution >= 0.6 is 0 Å². The molecule has 2 nitrogen and oxygen atoms in total. The van der Waals surface area contributed by atoms with Crippen molar-refractivity contribution >= 4 is 0 Å². The fourth-order valence-corrected chi connectivity index (χ4v) is 1.11. The summed E-state index contributed by atoms with van der Waals surface area (Å²) in [6.07, 6.45) is 1.71. The van der Waals surface area contributed by atoms with Crippen LogP contribution in [0.3, 0.4) is 0 Å². The fraction of sp³-hybridized carbons (Fsp3) is 0.273. The summed E-state index contributed by atoms with van der Waals surface area (Å²) in [5, 5.41) is 0. The second-order valence-corrected chi connectivity index (χ2v) is 2.77. The first-order valence-electron chi connectivity index (χ1n) is 4.38. The van der Waals surface area contributed by atoms with Crippen LogP contribution in [0.2, 0.25) is 0 Å². The van der Waals surface area contributed by atoms with E-state index < -0.39 is 0 Å². The summed E-state index contributed by atoms with van der Waals surface area (Å²) in [6, 6.07) is 7.65. The average molecular weight is 177 g/mol. The van der Waals surface area contributed by atoms with Gasteiger partial charge >= 0.3 is 0 Å². The standard InChI is InChI=1S/C11H15NO/c1-3-11(12)9-6-5-7-10(8-9)13-4-2/h3,5-8,11H,1,4,12H2,2H3/t11-/m0/s1. The zero-order chi connectivity index (χ0) is 9.68. The van der Waals surface area contributed by atoms with E-state index in [1.165, 1.54) is 0 Å². The van der Waals surface area contributed by atoms with Gasteiger partial charge in [0.2, 0.25) is 0 Å². The largest absolute Gasteiger partial charge is 0.494 e. The van der Waals surface area contributed by atoms with Crippen LogP contribution in [0.25, 0.3) is 0 Å². The van der Waals surface area contributed by atoms with Gasteiger partial charge in [-0.25, -0.2) is 0 Å². The molecular formula is C11H15NO. The molecule has 0 fully saturated rings. The van der Waals surface area contributed by atoms with E-state index in [9.17, 15) is 0 Å². The highest BCUT2D eigenvalue weighted by Crippen LogP contribution is 2.18. The third kappa shape index (κ3) is 2.60. The number of nitrogens with two attached hydrogens (primary N) is 1. The Morgan fingerprint density at radius 2 is 2.38 bits per heavy atom. The molecule has 1 aromatic carbocycles. The molecule has 0 bridgehead atoms. The molecule has 0 aliphatic rings. The van der Waals surface area contributed by atoms with Crippen molar-refractivity contribution in [1.82, 2.24) is 0 Å². The lowest BCUT2D eigenvalue weighted by Crippen LogP contribution is -2.06. The van der Waals surface area contributed by atoms with E-state index in [-0.39, 0.29) is 6.04 Å². The molecule has 13 heavy (non-hydrogen) atoms.